The van der Waals surface area contributed by atoms with E-state index in [1.807, 2.05) is 13.8 Å². The number of carbonyl (C=O) groups excluding carboxylic acids is 1. The summed E-state index contributed by atoms with van der Waals surface area (Å²) in [6, 6.07) is 3.47. The monoisotopic (exact) mass is 325 g/mol. The lowest BCUT2D eigenvalue weighted by atomic mass is 10.0. The summed E-state index contributed by atoms with van der Waals surface area (Å²) in [5.41, 5.74) is 0.896. The van der Waals surface area contributed by atoms with E-state index in [0.717, 1.165) is 5.56 Å². The Balaban J connectivity index is 2.00. The number of carbonyl (C=O) groups is 1. The third-order valence-electron chi connectivity index (χ3n) is 3.72. The van der Waals surface area contributed by atoms with Crippen LogP contribution >= 0.6 is 0 Å². The van der Waals surface area contributed by atoms with Gasteiger partial charge in [0.2, 0.25) is 15.9 Å². The first-order valence-corrected chi connectivity index (χ1v) is 9.25. The van der Waals surface area contributed by atoms with Gasteiger partial charge in [-0.15, -0.1) is 0 Å². The highest BCUT2D eigenvalue weighted by molar-refractivity contribution is 7.88. The zero-order valence-electron chi connectivity index (χ0n) is 13.3. The van der Waals surface area contributed by atoms with Crippen LogP contribution in [0.2, 0.25) is 0 Å². The van der Waals surface area contributed by atoms with E-state index in [2.05, 4.69) is 4.98 Å². The average Bonchev–Trinajstić information content (AvgIpc) is 2.35. The van der Waals surface area contributed by atoms with Crippen molar-refractivity contribution in [2.24, 2.45) is 5.92 Å². The lowest BCUT2D eigenvalue weighted by Gasteiger charge is -2.44. The van der Waals surface area contributed by atoms with Crippen molar-refractivity contribution in [2.75, 3.05) is 19.3 Å². The molecule has 0 N–H and O–H groups in total. The van der Waals surface area contributed by atoms with E-state index >= 15 is 0 Å². The molecular formula is C15H23N3O3S. The van der Waals surface area contributed by atoms with E-state index < -0.39 is 10.0 Å². The van der Waals surface area contributed by atoms with Gasteiger partial charge in [-0.2, -0.15) is 4.31 Å². The molecule has 22 heavy (non-hydrogen) atoms. The maximum Gasteiger partial charge on any atom is 0.222 e. The summed E-state index contributed by atoms with van der Waals surface area (Å²) in [5, 5.41) is 0. The Morgan fingerprint density at radius 1 is 1.36 bits per heavy atom. The van der Waals surface area contributed by atoms with Gasteiger partial charge in [-0.3, -0.25) is 9.78 Å². The fourth-order valence-electron chi connectivity index (χ4n) is 2.50. The van der Waals surface area contributed by atoms with Crippen molar-refractivity contribution in [2.45, 2.75) is 32.9 Å². The van der Waals surface area contributed by atoms with E-state index in [1.165, 1.54) is 10.6 Å². The number of likely N-dealkylation sites (tertiary alicyclic amines) is 1. The topological polar surface area (TPSA) is 70.6 Å². The fraction of sp³-hybridized carbons (Fsp3) is 0.600. The van der Waals surface area contributed by atoms with Gasteiger partial charge < -0.3 is 4.90 Å². The highest BCUT2D eigenvalue weighted by Gasteiger charge is 2.38. The van der Waals surface area contributed by atoms with Gasteiger partial charge in [0, 0.05) is 38.4 Å². The van der Waals surface area contributed by atoms with Crippen molar-refractivity contribution >= 4 is 15.9 Å². The minimum atomic E-state index is -3.32. The molecule has 0 radical (unpaired) electrons. The molecule has 0 aliphatic carbocycles. The zero-order valence-corrected chi connectivity index (χ0v) is 14.1. The number of aromatic nitrogens is 1. The van der Waals surface area contributed by atoms with Crippen LogP contribution in [-0.4, -0.2) is 53.9 Å². The van der Waals surface area contributed by atoms with E-state index in [9.17, 15) is 13.2 Å². The minimum Gasteiger partial charge on any atom is -0.339 e. The van der Waals surface area contributed by atoms with Crippen LogP contribution in [0, 0.1) is 5.92 Å². The molecule has 2 heterocycles. The van der Waals surface area contributed by atoms with E-state index in [0.29, 0.717) is 32.0 Å². The molecule has 2 rings (SSSR count). The molecule has 1 aliphatic rings. The van der Waals surface area contributed by atoms with Crippen molar-refractivity contribution in [3.8, 4) is 0 Å². The second-order valence-electron chi connectivity index (χ2n) is 6.21. The summed E-state index contributed by atoms with van der Waals surface area (Å²) < 4.78 is 25.5. The summed E-state index contributed by atoms with van der Waals surface area (Å²) in [5.74, 6) is 0.415. The molecule has 122 valence electrons. The molecule has 0 saturated carbocycles. The zero-order chi connectivity index (χ0) is 16.3. The molecule has 1 fully saturated rings. The predicted octanol–water partition coefficient (Wildman–Crippen LogP) is 1.10. The lowest BCUT2D eigenvalue weighted by Crippen LogP contribution is -2.61. The summed E-state index contributed by atoms with van der Waals surface area (Å²) in [7, 11) is -3.32. The number of rotatable bonds is 6. The van der Waals surface area contributed by atoms with Gasteiger partial charge >= 0.3 is 0 Å². The molecule has 7 heteroatoms. The van der Waals surface area contributed by atoms with Crippen LogP contribution < -0.4 is 0 Å². The van der Waals surface area contributed by atoms with Crippen LogP contribution in [0.1, 0.15) is 25.8 Å². The summed E-state index contributed by atoms with van der Waals surface area (Å²) in [6.45, 7) is 5.27. The third-order valence-corrected chi connectivity index (χ3v) is 5.00. The minimum absolute atomic E-state index is 0.101. The Hall–Kier alpha value is -1.47. The lowest BCUT2D eigenvalue weighted by molar-refractivity contribution is -0.138. The average molecular weight is 325 g/mol. The summed E-state index contributed by atoms with van der Waals surface area (Å²) in [4.78, 5) is 17.6. The first kappa shape index (κ1) is 16.9. The highest BCUT2D eigenvalue weighted by atomic mass is 32.2. The Morgan fingerprint density at radius 2 is 1.95 bits per heavy atom. The number of nitrogens with zero attached hydrogens (tertiary/aromatic N) is 3. The SMILES string of the molecule is CC(C)CC(=O)N1CC(N(Cc2ccncc2)S(C)(=O)=O)C1. The Morgan fingerprint density at radius 3 is 2.45 bits per heavy atom. The predicted molar refractivity (Wildman–Crippen MR) is 84.4 cm³/mol. The largest absolute Gasteiger partial charge is 0.339 e. The Kier molecular flexibility index (Phi) is 5.18. The number of pyridine rings is 1. The molecule has 1 amide bonds. The second-order valence-corrected chi connectivity index (χ2v) is 8.15. The molecule has 1 aromatic rings. The quantitative estimate of drug-likeness (QED) is 0.785. The van der Waals surface area contributed by atoms with E-state index in [4.69, 9.17) is 0 Å². The van der Waals surface area contributed by atoms with Gasteiger partial charge in [-0.25, -0.2) is 8.42 Å². The smallest absolute Gasteiger partial charge is 0.222 e. The maximum absolute atomic E-state index is 12.0. The van der Waals surface area contributed by atoms with Gasteiger partial charge in [-0.1, -0.05) is 13.8 Å². The van der Waals surface area contributed by atoms with Gasteiger partial charge in [0.05, 0.1) is 12.3 Å². The molecule has 6 nitrogen and oxygen atoms in total. The van der Waals surface area contributed by atoms with Crippen molar-refractivity contribution in [3.63, 3.8) is 0 Å². The first-order chi connectivity index (χ1) is 10.3. The molecule has 1 aromatic heterocycles. The molecule has 0 spiro atoms. The van der Waals surface area contributed by atoms with Crippen molar-refractivity contribution in [1.29, 1.82) is 0 Å². The van der Waals surface area contributed by atoms with Crippen molar-refractivity contribution < 1.29 is 13.2 Å². The number of amides is 1. The molecule has 0 atom stereocenters. The first-order valence-electron chi connectivity index (χ1n) is 7.41. The van der Waals surface area contributed by atoms with Crippen LogP contribution in [0.15, 0.2) is 24.5 Å². The summed E-state index contributed by atoms with van der Waals surface area (Å²) >= 11 is 0. The standard InChI is InChI=1S/C15H23N3O3S/c1-12(2)8-15(19)17-10-14(11-17)18(22(3,20)21)9-13-4-6-16-7-5-13/h4-7,12,14H,8-11H2,1-3H3. The van der Waals surface area contributed by atoms with Crippen molar-refractivity contribution in [1.82, 2.24) is 14.2 Å². The van der Waals surface area contributed by atoms with Gasteiger partial charge in [0.25, 0.3) is 0 Å². The molecule has 1 saturated heterocycles. The van der Waals surface area contributed by atoms with Crippen LogP contribution in [0.5, 0.6) is 0 Å². The third kappa shape index (κ3) is 4.27. The maximum atomic E-state index is 12.0. The number of hydrogen-bond acceptors (Lipinski definition) is 4. The number of hydrogen-bond donors (Lipinski definition) is 0. The van der Waals surface area contributed by atoms with Gasteiger partial charge in [0.1, 0.15) is 0 Å². The normalized spacial score (nSPS) is 16.1. The van der Waals surface area contributed by atoms with Crippen LogP contribution in [0.4, 0.5) is 0 Å². The Labute approximate surface area is 132 Å². The van der Waals surface area contributed by atoms with Gasteiger partial charge in [0.15, 0.2) is 0 Å². The second kappa shape index (κ2) is 6.75. The molecule has 0 bridgehead atoms. The Bertz CT molecular complexity index is 610. The van der Waals surface area contributed by atoms with Crippen LogP contribution in [0.25, 0.3) is 0 Å². The highest BCUT2D eigenvalue weighted by Crippen LogP contribution is 2.22. The molecule has 0 aromatic carbocycles. The van der Waals surface area contributed by atoms with E-state index in [-0.39, 0.29) is 11.9 Å². The fourth-order valence-corrected chi connectivity index (χ4v) is 3.56. The molecular weight excluding hydrogens is 302 g/mol. The number of sulfonamides is 1. The van der Waals surface area contributed by atoms with Crippen LogP contribution in [0.3, 0.4) is 0 Å². The van der Waals surface area contributed by atoms with Gasteiger partial charge in [-0.05, 0) is 23.6 Å². The molecule has 1 aliphatic heterocycles. The van der Waals surface area contributed by atoms with E-state index in [1.54, 1.807) is 29.4 Å². The summed E-state index contributed by atoms with van der Waals surface area (Å²) in [6.07, 6.45) is 5.02. The molecule has 0 unspecified atom stereocenters. The van der Waals surface area contributed by atoms with Crippen LogP contribution in [-0.2, 0) is 21.4 Å². The van der Waals surface area contributed by atoms with Crippen molar-refractivity contribution in [3.05, 3.63) is 30.1 Å².